The van der Waals surface area contributed by atoms with E-state index in [1.54, 1.807) is 12.2 Å². The summed E-state index contributed by atoms with van der Waals surface area (Å²) in [6.45, 7) is 9.42. The van der Waals surface area contributed by atoms with Crippen LogP contribution in [-0.2, 0) is 0 Å². The van der Waals surface area contributed by atoms with Crippen LogP contribution in [0, 0.1) is 6.92 Å². The van der Waals surface area contributed by atoms with Crippen molar-refractivity contribution in [3.63, 3.8) is 0 Å². The highest BCUT2D eigenvalue weighted by atomic mass is 14.9. The second-order valence-electron chi connectivity index (χ2n) is 3.05. The molecule has 1 aromatic carbocycles. The van der Waals surface area contributed by atoms with Crippen molar-refractivity contribution in [1.82, 2.24) is 0 Å². The zero-order valence-electron chi connectivity index (χ0n) is 8.46. The monoisotopic (exact) mass is 185 g/mol. The number of rotatable bonds is 4. The van der Waals surface area contributed by atoms with Gasteiger partial charge in [-0.2, -0.15) is 0 Å². The maximum Gasteiger partial charge on any atom is 0.0384 e. The predicted octanol–water partition coefficient (Wildman–Crippen LogP) is 3.66. The first-order valence-corrected chi connectivity index (χ1v) is 4.55. The lowest BCUT2D eigenvalue weighted by Gasteiger charge is -2.06. The fourth-order valence-electron chi connectivity index (χ4n) is 1.09. The van der Waals surface area contributed by atoms with Crippen LogP contribution in [0.2, 0.25) is 0 Å². The summed E-state index contributed by atoms with van der Waals surface area (Å²) in [5.74, 6) is 0. The van der Waals surface area contributed by atoms with E-state index in [0.717, 1.165) is 11.4 Å². The first kappa shape index (κ1) is 10.3. The van der Waals surface area contributed by atoms with Crippen LogP contribution in [0.15, 0.2) is 61.3 Å². The molecule has 1 aromatic rings. The van der Waals surface area contributed by atoms with Crippen molar-refractivity contribution in [2.45, 2.75) is 6.92 Å². The summed E-state index contributed by atoms with van der Waals surface area (Å²) in [6, 6.07) is 8.21. The summed E-state index contributed by atoms with van der Waals surface area (Å²) in [4.78, 5) is 0. The Labute approximate surface area is 85.5 Å². The van der Waals surface area contributed by atoms with Gasteiger partial charge in [0.1, 0.15) is 0 Å². The Balaban J connectivity index is 2.77. The second kappa shape index (κ2) is 5.07. The van der Waals surface area contributed by atoms with E-state index in [4.69, 9.17) is 0 Å². The van der Waals surface area contributed by atoms with E-state index in [0.29, 0.717) is 0 Å². The van der Waals surface area contributed by atoms with Crippen LogP contribution in [0.4, 0.5) is 5.69 Å². The Hall–Kier alpha value is -1.76. The molecule has 0 aliphatic carbocycles. The van der Waals surface area contributed by atoms with Crippen molar-refractivity contribution < 1.29 is 0 Å². The molecule has 0 atom stereocenters. The number of anilines is 1. The summed E-state index contributed by atoms with van der Waals surface area (Å²) >= 11 is 0. The number of hydrogen-bond donors (Lipinski definition) is 1. The molecule has 1 N–H and O–H groups in total. The van der Waals surface area contributed by atoms with Gasteiger partial charge in [-0.1, -0.05) is 36.9 Å². The van der Waals surface area contributed by atoms with E-state index in [1.165, 1.54) is 5.56 Å². The summed E-state index contributed by atoms with van der Waals surface area (Å²) in [5, 5.41) is 3.23. The summed E-state index contributed by atoms with van der Waals surface area (Å²) in [6.07, 6.45) is 5.38. The van der Waals surface area contributed by atoms with Gasteiger partial charge < -0.3 is 5.32 Å². The average molecular weight is 185 g/mol. The zero-order valence-corrected chi connectivity index (χ0v) is 8.46. The van der Waals surface area contributed by atoms with E-state index in [2.05, 4.69) is 37.5 Å². The van der Waals surface area contributed by atoms with Gasteiger partial charge in [0, 0.05) is 11.4 Å². The Morgan fingerprint density at radius 1 is 1.21 bits per heavy atom. The number of nitrogens with one attached hydrogen (secondary N) is 1. The number of benzene rings is 1. The molecule has 14 heavy (non-hydrogen) atoms. The van der Waals surface area contributed by atoms with E-state index < -0.39 is 0 Å². The topological polar surface area (TPSA) is 12.0 Å². The quantitative estimate of drug-likeness (QED) is 0.706. The third kappa shape index (κ3) is 2.94. The lowest BCUT2D eigenvalue weighted by atomic mass is 10.2. The molecule has 0 fully saturated rings. The molecule has 1 nitrogen and oxygen atoms in total. The Kier molecular flexibility index (Phi) is 3.74. The maximum absolute atomic E-state index is 3.71. The highest BCUT2D eigenvalue weighted by Gasteiger charge is 1.92. The normalized spacial score (nSPS) is 10.8. The van der Waals surface area contributed by atoms with Gasteiger partial charge in [-0.25, -0.2) is 0 Å². The van der Waals surface area contributed by atoms with Gasteiger partial charge in [-0.15, -0.1) is 0 Å². The minimum atomic E-state index is 0.948. The Morgan fingerprint density at radius 3 is 2.36 bits per heavy atom. The van der Waals surface area contributed by atoms with E-state index in [1.807, 2.05) is 18.2 Å². The largest absolute Gasteiger partial charge is 0.356 e. The van der Waals surface area contributed by atoms with Crippen molar-refractivity contribution >= 4 is 5.69 Å². The lowest BCUT2D eigenvalue weighted by Crippen LogP contribution is -1.95. The molecule has 1 rings (SSSR count). The van der Waals surface area contributed by atoms with Crippen molar-refractivity contribution in [2.24, 2.45) is 0 Å². The maximum atomic E-state index is 3.71. The van der Waals surface area contributed by atoms with Crippen molar-refractivity contribution in [1.29, 1.82) is 0 Å². The molecule has 0 spiro atoms. The molecule has 0 bridgehead atoms. The highest BCUT2D eigenvalue weighted by Crippen LogP contribution is 2.11. The predicted molar refractivity (Wildman–Crippen MR) is 63.3 cm³/mol. The van der Waals surface area contributed by atoms with Gasteiger partial charge >= 0.3 is 0 Å². The fourth-order valence-corrected chi connectivity index (χ4v) is 1.09. The van der Waals surface area contributed by atoms with Crippen LogP contribution in [0.25, 0.3) is 0 Å². The number of aryl methyl sites for hydroxylation is 1. The van der Waals surface area contributed by atoms with Crippen LogP contribution >= 0.6 is 0 Å². The average Bonchev–Trinajstić information content (AvgIpc) is 2.20. The smallest absolute Gasteiger partial charge is 0.0384 e. The van der Waals surface area contributed by atoms with Gasteiger partial charge in [0.05, 0.1) is 0 Å². The first-order valence-electron chi connectivity index (χ1n) is 4.55. The molecule has 0 saturated carbocycles. The van der Waals surface area contributed by atoms with Crippen LogP contribution in [0.3, 0.4) is 0 Å². The molecule has 1 heteroatoms. The second-order valence-corrected chi connectivity index (χ2v) is 3.05. The first-order chi connectivity index (χ1) is 6.76. The molecular formula is C13H15N. The molecule has 0 aliphatic rings. The molecule has 0 aromatic heterocycles. The third-order valence-electron chi connectivity index (χ3n) is 1.86. The van der Waals surface area contributed by atoms with E-state index in [-0.39, 0.29) is 0 Å². The fraction of sp³-hybridized carbons (Fsp3) is 0.0769. The van der Waals surface area contributed by atoms with Crippen molar-refractivity contribution in [3.05, 3.63) is 66.9 Å². The molecule has 0 amide bonds. The number of allylic oxidation sites excluding steroid dienone is 3. The molecule has 72 valence electrons. The molecule has 0 aliphatic heterocycles. The van der Waals surface area contributed by atoms with Gasteiger partial charge in [-0.3, -0.25) is 0 Å². The molecular weight excluding hydrogens is 170 g/mol. The molecule has 0 saturated heterocycles. The van der Waals surface area contributed by atoms with E-state index in [9.17, 15) is 0 Å². The summed E-state index contributed by atoms with van der Waals surface area (Å²) < 4.78 is 0. The van der Waals surface area contributed by atoms with E-state index >= 15 is 0 Å². The van der Waals surface area contributed by atoms with Crippen LogP contribution < -0.4 is 5.32 Å². The minimum Gasteiger partial charge on any atom is -0.356 e. The van der Waals surface area contributed by atoms with Gasteiger partial charge in [0.2, 0.25) is 0 Å². The molecule has 0 heterocycles. The molecule has 0 radical (unpaired) electrons. The van der Waals surface area contributed by atoms with Crippen molar-refractivity contribution in [3.8, 4) is 0 Å². The van der Waals surface area contributed by atoms with Crippen LogP contribution in [0.5, 0.6) is 0 Å². The lowest BCUT2D eigenvalue weighted by molar-refractivity contribution is 1.43. The van der Waals surface area contributed by atoms with Crippen molar-refractivity contribution in [2.75, 3.05) is 5.32 Å². The Morgan fingerprint density at radius 2 is 1.86 bits per heavy atom. The SMILES string of the molecule is C=C/C=C(\C=C)Nc1ccc(C)cc1. The van der Waals surface area contributed by atoms with Gasteiger partial charge in [0.15, 0.2) is 0 Å². The molecule has 0 unspecified atom stereocenters. The van der Waals surface area contributed by atoms with Gasteiger partial charge in [-0.05, 0) is 31.2 Å². The summed E-state index contributed by atoms with van der Waals surface area (Å²) in [5.41, 5.74) is 3.26. The minimum absolute atomic E-state index is 0.948. The zero-order chi connectivity index (χ0) is 10.4. The Bertz CT molecular complexity index is 344. The van der Waals surface area contributed by atoms with Crippen LogP contribution in [0.1, 0.15) is 5.56 Å². The van der Waals surface area contributed by atoms with Gasteiger partial charge in [0.25, 0.3) is 0 Å². The number of hydrogen-bond acceptors (Lipinski definition) is 1. The summed E-state index contributed by atoms with van der Waals surface area (Å²) in [7, 11) is 0. The third-order valence-corrected chi connectivity index (χ3v) is 1.86. The van der Waals surface area contributed by atoms with Crippen LogP contribution in [-0.4, -0.2) is 0 Å². The highest BCUT2D eigenvalue weighted by molar-refractivity contribution is 5.51. The standard InChI is InChI=1S/C13H15N/c1-4-6-12(5-2)14-13-9-7-11(3)8-10-13/h4-10,14H,1-2H2,3H3/b12-6+.